The van der Waals surface area contributed by atoms with E-state index in [4.69, 9.17) is 27.9 Å². The minimum absolute atomic E-state index is 0.438. The van der Waals surface area contributed by atoms with Gasteiger partial charge in [-0.25, -0.2) is 4.98 Å². The summed E-state index contributed by atoms with van der Waals surface area (Å²) in [4.78, 5) is 4.43. The zero-order valence-corrected chi connectivity index (χ0v) is 12.4. The number of aryl methyl sites for hydroxylation is 2. The van der Waals surface area contributed by atoms with Gasteiger partial charge in [0.2, 0.25) is 5.88 Å². The second-order valence-electron chi connectivity index (χ2n) is 4.33. The normalized spacial score (nSPS) is 10.5. The van der Waals surface area contributed by atoms with E-state index in [9.17, 15) is 0 Å². The molecule has 0 amide bonds. The lowest BCUT2D eigenvalue weighted by Crippen LogP contribution is -1.95. The zero-order valence-electron chi connectivity index (χ0n) is 10.9. The number of hydrogen-bond donors (Lipinski definition) is 0. The van der Waals surface area contributed by atoms with Crippen LogP contribution in [0.4, 0.5) is 0 Å². The minimum Gasteiger partial charge on any atom is -0.437 e. The van der Waals surface area contributed by atoms with Crippen LogP contribution in [0.2, 0.25) is 5.02 Å². The molecule has 0 saturated heterocycles. The zero-order chi connectivity index (χ0) is 13.8. The Morgan fingerprint density at radius 1 is 1.21 bits per heavy atom. The molecule has 2 aromatic rings. The Labute approximate surface area is 123 Å². The van der Waals surface area contributed by atoms with Gasteiger partial charge in [-0.15, -0.1) is 11.6 Å². The molecule has 0 atom stereocenters. The van der Waals surface area contributed by atoms with E-state index in [0.717, 1.165) is 23.2 Å². The maximum atomic E-state index is 6.11. The number of aromatic nitrogens is 1. The van der Waals surface area contributed by atoms with E-state index in [1.807, 2.05) is 44.2 Å². The van der Waals surface area contributed by atoms with E-state index in [-0.39, 0.29) is 0 Å². The van der Waals surface area contributed by atoms with Crippen LogP contribution in [-0.2, 0) is 12.3 Å². The molecule has 0 bridgehead atoms. The Balaban J connectivity index is 2.34. The molecule has 0 fully saturated rings. The number of benzene rings is 1. The van der Waals surface area contributed by atoms with Crippen LogP contribution in [0.25, 0.3) is 0 Å². The number of nitrogens with zero attached hydrogens (tertiary/aromatic N) is 1. The van der Waals surface area contributed by atoms with E-state index in [0.29, 0.717) is 22.5 Å². The van der Waals surface area contributed by atoms with Crippen LogP contribution in [-0.4, -0.2) is 4.98 Å². The molecule has 0 saturated carbocycles. The van der Waals surface area contributed by atoms with Gasteiger partial charge in [0.25, 0.3) is 0 Å². The summed E-state index contributed by atoms with van der Waals surface area (Å²) in [6.45, 7) is 4.03. The van der Waals surface area contributed by atoms with Crippen LogP contribution in [0.1, 0.15) is 23.7 Å². The fourth-order valence-electron chi connectivity index (χ4n) is 1.73. The van der Waals surface area contributed by atoms with E-state index in [1.54, 1.807) is 0 Å². The molecule has 0 radical (unpaired) electrons. The molecule has 1 aromatic carbocycles. The van der Waals surface area contributed by atoms with Crippen molar-refractivity contribution >= 4 is 23.2 Å². The van der Waals surface area contributed by atoms with Crippen molar-refractivity contribution < 1.29 is 4.74 Å². The first-order valence-electron chi connectivity index (χ1n) is 6.12. The molecule has 1 heterocycles. The van der Waals surface area contributed by atoms with Crippen molar-refractivity contribution in [3.05, 3.63) is 52.2 Å². The summed E-state index contributed by atoms with van der Waals surface area (Å²) in [6.07, 6.45) is 0.836. The molecule has 19 heavy (non-hydrogen) atoms. The van der Waals surface area contributed by atoms with Crippen molar-refractivity contribution in [3.8, 4) is 11.6 Å². The van der Waals surface area contributed by atoms with Gasteiger partial charge < -0.3 is 4.74 Å². The van der Waals surface area contributed by atoms with E-state index >= 15 is 0 Å². The average Bonchev–Trinajstić information content (AvgIpc) is 2.42. The minimum atomic E-state index is 0.438. The van der Waals surface area contributed by atoms with Gasteiger partial charge in [-0.05, 0) is 42.7 Å². The molecule has 0 N–H and O–H groups in total. The Morgan fingerprint density at radius 3 is 2.68 bits per heavy atom. The van der Waals surface area contributed by atoms with Crippen molar-refractivity contribution in [2.75, 3.05) is 0 Å². The largest absolute Gasteiger partial charge is 0.437 e. The topological polar surface area (TPSA) is 22.1 Å². The molecule has 0 spiro atoms. The SMILES string of the molecule is CCc1cc(CCl)cc(Oc2cc(C)ccc2Cl)n1. The van der Waals surface area contributed by atoms with Crippen molar-refractivity contribution in [1.82, 2.24) is 4.98 Å². The van der Waals surface area contributed by atoms with Crippen LogP contribution in [0.3, 0.4) is 0 Å². The van der Waals surface area contributed by atoms with Gasteiger partial charge in [0.05, 0.1) is 5.02 Å². The fourth-order valence-corrected chi connectivity index (χ4v) is 2.04. The van der Waals surface area contributed by atoms with Crippen LogP contribution in [0.5, 0.6) is 11.6 Å². The first-order valence-corrected chi connectivity index (χ1v) is 7.03. The summed E-state index contributed by atoms with van der Waals surface area (Å²) < 4.78 is 5.77. The Kier molecular flexibility index (Phi) is 4.67. The van der Waals surface area contributed by atoms with Gasteiger partial charge in [0.15, 0.2) is 0 Å². The second-order valence-corrected chi connectivity index (χ2v) is 5.00. The maximum Gasteiger partial charge on any atom is 0.219 e. The monoisotopic (exact) mass is 295 g/mol. The lowest BCUT2D eigenvalue weighted by Gasteiger charge is -2.10. The number of alkyl halides is 1. The lowest BCUT2D eigenvalue weighted by molar-refractivity contribution is 0.460. The van der Waals surface area contributed by atoms with Crippen molar-refractivity contribution in [3.63, 3.8) is 0 Å². The Morgan fingerprint density at radius 2 is 2.00 bits per heavy atom. The van der Waals surface area contributed by atoms with Crippen LogP contribution in [0, 0.1) is 6.92 Å². The molecular formula is C15H15Cl2NO. The third-order valence-corrected chi connectivity index (χ3v) is 3.35. The fraction of sp³-hybridized carbons (Fsp3) is 0.267. The summed E-state index contributed by atoms with van der Waals surface area (Å²) >= 11 is 12.0. The molecule has 4 heteroatoms. The van der Waals surface area contributed by atoms with E-state index in [2.05, 4.69) is 4.98 Å². The Bertz CT molecular complexity index is 562. The van der Waals surface area contributed by atoms with Crippen LogP contribution >= 0.6 is 23.2 Å². The number of rotatable bonds is 4. The smallest absolute Gasteiger partial charge is 0.219 e. The number of ether oxygens (including phenoxy) is 1. The highest BCUT2D eigenvalue weighted by Gasteiger charge is 2.07. The highest BCUT2D eigenvalue weighted by atomic mass is 35.5. The number of hydrogen-bond acceptors (Lipinski definition) is 2. The molecule has 0 unspecified atom stereocenters. The van der Waals surface area contributed by atoms with Crippen molar-refractivity contribution in [2.24, 2.45) is 0 Å². The maximum absolute atomic E-state index is 6.11. The van der Waals surface area contributed by atoms with Gasteiger partial charge in [0, 0.05) is 17.6 Å². The third kappa shape index (κ3) is 3.62. The molecule has 2 rings (SSSR count). The lowest BCUT2D eigenvalue weighted by atomic mass is 10.2. The first kappa shape index (κ1) is 14.2. The molecule has 1 aromatic heterocycles. The highest BCUT2D eigenvalue weighted by Crippen LogP contribution is 2.30. The number of pyridine rings is 1. The molecule has 0 aliphatic heterocycles. The van der Waals surface area contributed by atoms with Gasteiger partial charge in [-0.2, -0.15) is 0 Å². The Hall–Kier alpha value is -1.25. The predicted octanol–water partition coefficient (Wildman–Crippen LogP) is 5.14. The van der Waals surface area contributed by atoms with Gasteiger partial charge in [-0.1, -0.05) is 24.6 Å². The van der Waals surface area contributed by atoms with E-state index in [1.165, 1.54) is 0 Å². The number of halogens is 2. The summed E-state index contributed by atoms with van der Waals surface area (Å²) in [5.74, 6) is 1.58. The summed E-state index contributed by atoms with van der Waals surface area (Å²) in [5.41, 5.74) is 3.04. The standard InChI is InChI=1S/C15H15Cl2NO/c1-3-12-7-11(9-16)8-15(18-12)19-14-6-10(2)4-5-13(14)17/h4-8H,3,9H2,1-2H3. The second kappa shape index (κ2) is 6.27. The van der Waals surface area contributed by atoms with E-state index < -0.39 is 0 Å². The predicted molar refractivity (Wildman–Crippen MR) is 79.4 cm³/mol. The summed E-state index contributed by atoms with van der Waals surface area (Å²) in [5, 5.41) is 0.571. The quantitative estimate of drug-likeness (QED) is 0.729. The molecule has 0 aliphatic rings. The summed E-state index contributed by atoms with van der Waals surface area (Å²) in [6, 6.07) is 9.47. The van der Waals surface area contributed by atoms with Gasteiger partial charge in [0.1, 0.15) is 5.75 Å². The van der Waals surface area contributed by atoms with Crippen LogP contribution in [0.15, 0.2) is 30.3 Å². The summed E-state index contributed by atoms with van der Waals surface area (Å²) in [7, 11) is 0. The van der Waals surface area contributed by atoms with Crippen molar-refractivity contribution in [2.45, 2.75) is 26.1 Å². The first-order chi connectivity index (χ1) is 9.12. The molecule has 100 valence electrons. The van der Waals surface area contributed by atoms with Crippen LogP contribution < -0.4 is 4.74 Å². The average molecular weight is 296 g/mol. The molecule has 0 aliphatic carbocycles. The van der Waals surface area contributed by atoms with Gasteiger partial charge >= 0.3 is 0 Å². The van der Waals surface area contributed by atoms with Gasteiger partial charge in [-0.3, -0.25) is 0 Å². The molecule has 2 nitrogen and oxygen atoms in total. The van der Waals surface area contributed by atoms with Crippen molar-refractivity contribution in [1.29, 1.82) is 0 Å². The highest BCUT2D eigenvalue weighted by molar-refractivity contribution is 6.32. The third-order valence-electron chi connectivity index (χ3n) is 2.73. The molecular weight excluding hydrogens is 281 g/mol.